The highest BCUT2D eigenvalue weighted by Crippen LogP contribution is 2.38. The molecule has 0 spiro atoms. The summed E-state index contributed by atoms with van der Waals surface area (Å²) >= 11 is 0. The molecule has 0 aromatic heterocycles. The van der Waals surface area contributed by atoms with Crippen molar-refractivity contribution in [2.45, 2.75) is 53.5 Å². The number of aliphatic hydroxyl groups excluding tert-OH is 1. The SMILES string of the molecule is CC.CC.CC1(C)CNc2cccc(CNCCO)c21. The summed E-state index contributed by atoms with van der Waals surface area (Å²) in [6.07, 6.45) is 0. The molecule has 116 valence electrons. The third-order valence-electron chi connectivity index (χ3n) is 3.15. The third kappa shape index (κ3) is 4.80. The average molecular weight is 280 g/mol. The van der Waals surface area contributed by atoms with Crippen LogP contribution in [0.15, 0.2) is 18.2 Å². The lowest BCUT2D eigenvalue weighted by atomic mass is 9.84. The van der Waals surface area contributed by atoms with Crippen LogP contribution in [-0.4, -0.2) is 24.8 Å². The second-order valence-corrected chi connectivity index (χ2v) is 4.98. The maximum atomic E-state index is 8.77. The van der Waals surface area contributed by atoms with Gasteiger partial charge in [-0.15, -0.1) is 0 Å². The van der Waals surface area contributed by atoms with E-state index in [-0.39, 0.29) is 12.0 Å². The fraction of sp³-hybridized carbons (Fsp3) is 0.647. The van der Waals surface area contributed by atoms with Gasteiger partial charge in [0.2, 0.25) is 0 Å². The fourth-order valence-corrected chi connectivity index (χ4v) is 2.40. The first-order chi connectivity index (χ1) is 9.65. The molecule has 3 N–H and O–H groups in total. The Morgan fingerprint density at radius 1 is 1.20 bits per heavy atom. The summed E-state index contributed by atoms with van der Waals surface area (Å²) in [5.41, 5.74) is 4.21. The number of hydrogen-bond donors (Lipinski definition) is 3. The topological polar surface area (TPSA) is 44.3 Å². The standard InChI is InChI=1S/C13H20N2O.2C2H6/c1-13(2)9-15-11-5-3-4-10(12(11)13)8-14-6-7-16;2*1-2/h3-5,14-16H,6-9H2,1-2H3;2*1-2H3. The lowest BCUT2D eigenvalue weighted by Gasteiger charge is -2.21. The van der Waals surface area contributed by atoms with Gasteiger partial charge in [-0.3, -0.25) is 0 Å². The molecular formula is C17H32N2O. The van der Waals surface area contributed by atoms with Crippen molar-refractivity contribution in [2.24, 2.45) is 0 Å². The van der Waals surface area contributed by atoms with E-state index in [2.05, 4.69) is 42.7 Å². The number of benzene rings is 1. The third-order valence-corrected chi connectivity index (χ3v) is 3.15. The van der Waals surface area contributed by atoms with E-state index in [1.165, 1.54) is 16.8 Å². The van der Waals surface area contributed by atoms with Crippen LogP contribution in [0.1, 0.15) is 52.7 Å². The molecule has 0 saturated heterocycles. The van der Waals surface area contributed by atoms with Crippen LogP contribution >= 0.6 is 0 Å². The Hall–Kier alpha value is -1.06. The molecule has 0 bridgehead atoms. The van der Waals surface area contributed by atoms with Crippen molar-refractivity contribution in [3.8, 4) is 0 Å². The Morgan fingerprint density at radius 2 is 1.85 bits per heavy atom. The van der Waals surface area contributed by atoms with Gasteiger partial charge < -0.3 is 15.7 Å². The minimum Gasteiger partial charge on any atom is -0.395 e. The summed E-state index contributed by atoms with van der Waals surface area (Å²) in [6.45, 7) is 15.2. The van der Waals surface area contributed by atoms with Crippen LogP contribution in [0.2, 0.25) is 0 Å². The normalized spacial score (nSPS) is 14.2. The van der Waals surface area contributed by atoms with Crippen molar-refractivity contribution in [3.05, 3.63) is 29.3 Å². The van der Waals surface area contributed by atoms with E-state index < -0.39 is 0 Å². The van der Waals surface area contributed by atoms with Crippen LogP contribution < -0.4 is 10.6 Å². The zero-order valence-corrected chi connectivity index (χ0v) is 14.0. The molecule has 0 atom stereocenters. The summed E-state index contributed by atoms with van der Waals surface area (Å²) < 4.78 is 0. The molecular weight excluding hydrogens is 248 g/mol. The lowest BCUT2D eigenvalue weighted by molar-refractivity contribution is 0.292. The van der Waals surface area contributed by atoms with Crippen molar-refractivity contribution < 1.29 is 5.11 Å². The highest BCUT2D eigenvalue weighted by molar-refractivity contribution is 5.62. The molecule has 3 heteroatoms. The molecule has 1 aromatic carbocycles. The van der Waals surface area contributed by atoms with Crippen LogP contribution in [-0.2, 0) is 12.0 Å². The Kier molecular flexibility index (Phi) is 9.26. The molecule has 0 radical (unpaired) electrons. The molecule has 3 nitrogen and oxygen atoms in total. The average Bonchev–Trinajstić information content (AvgIpc) is 2.80. The summed E-state index contributed by atoms with van der Waals surface area (Å²) in [5, 5.41) is 15.5. The minimum absolute atomic E-state index is 0.191. The first-order valence-electron chi connectivity index (χ1n) is 7.83. The van der Waals surface area contributed by atoms with Gasteiger partial charge in [0, 0.05) is 30.7 Å². The van der Waals surface area contributed by atoms with Crippen LogP contribution in [0.4, 0.5) is 5.69 Å². The highest BCUT2D eigenvalue weighted by atomic mass is 16.3. The summed E-state index contributed by atoms with van der Waals surface area (Å²) in [6, 6.07) is 6.39. The second kappa shape index (κ2) is 9.78. The van der Waals surface area contributed by atoms with Crippen molar-refractivity contribution >= 4 is 5.69 Å². The Bertz CT molecular complexity index is 375. The Balaban J connectivity index is 0.000000829. The summed E-state index contributed by atoms with van der Waals surface area (Å²) in [5.74, 6) is 0. The molecule has 2 rings (SSSR count). The minimum atomic E-state index is 0.191. The van der Waals surface area contributed by atoms with Gasteiger partial charge in [-0.2, -0.15) is 0 Å². The summed E-state index contributed by atoms with van der Waals surface area (Å²) in [4.78, 5) is 0. The van der Waals surface area contributed by atoms with Crippen molar-refractivity contribution in [2.75, 3.05) is 25.0 Å². The number of nitrogens with one attached hydrogen (secondary N) is 2. The van der Waals surface area contributed by atoms with Gasteiger partial charge in [-0.25, -0.2) is 0 Å². The van der Waals surface area contributed by atoms with Crippen LogP contribution in [0.5, 0.6) is 0 Å². The van der Waals surface area contributed by atoms with E-state index in [0.717, 1.165) is 13.1 Å². The maximum Gasteiger partial charge on any atom is 0.0556 e. The monoisotopic (exact) mass is 280 g/mol. The number of aliphatic hydroxyl groups is 1. The zero-order chi connectivity index (χ0) is 15.6. The van der Waals surface area contributed by atoms with Gasteiger partial charge >= 0.3 is 0 Å². The molecule has 1 aliphatic rings. The molecule has 0 saturated carbocycles. The number of rotatable bonds is 4. The number of anilines is 1. The number of hydrogen-bond acceptors (Lipinski definition) is 3. The van der Waals surface area contributed by atoms with Gasteiger partial charge in [0.1, 0.15) is 0 Å². The van der Waals surface area contributed by atoms with E-state index >= 15 is 0 Å². The van der Waals surface area contributed by atoms with Gasteiger partial charge in [0.25, 0.3) is 0 Å². The predicted octanol–water partition coefficient (Wildman–Crippen LogP) is 3.52. The van der Waals surface area contributed by atoms with Crippen molar-refractivity contribution in [1.82, 2.24) is 5.32 Å². The fourth-order valence-electron chi connectivity index (χ4n) is 2.40. The first kappa shape index (κ1) is 18.9. The van der Waals surface area contributed by atoms with Gasteiger partial charge in [-0.1, -0.05) is 53.7 Å². The van der Waals surface area contributed by atoms with Gasteiger partial charge in [-0.05, 0) is 17.2 Å². The second-order valence-electron chi connectivity index (χ2n) is 4.98. The number of fused-ring (bicyclic) bond motifs is 1. The first-order valence-corrected chi connectivity index (χ1v) is 7.83. The van der Waals surface area contributed by atoms with E-state index in [1.807, 2.05) is 27.7 Å². The predicted molar refractivity (Wildman–Crippen MR) is 89.4 cm³/mol. The van der Waals surface area contributed by atoms with E-state index in [0.29, 0.717) is 6.54 Å². The Labute approximate surface area is 124 Å². The Morgan fingerprint density at radius 3 is 2.45 bits per heavy atom. The molecule has 0 fully saturated rings. The molecule has 1 aromatic rings. The van der Waals surface area contributed by atoms with Gasteiger partial charge in [0.15, 0.2) is 0 Å². The van der Waals surface area contributed by atoms with Crippen LogP contribution in [0, 0.1) is 0 Å². The largest absolute Gasteiger partial charge is 0.395 e. The van der Waals surface area contributed by atoms with E-state index in [1.54, 1.807) is 0 Å². The van der Waals surface area contributed by atoms with Crippen LogP contribution in [0.25, 0.3) is 0 Å². The maximum absolute atomic E-state index is 8.77. The molecule has 20 heavy (non-hydrogen) atoms. The van der Waals surface area contributed by atoms with Crippen LogP contribution in [0.3, 0.4) is 0 Å². The van der Waals surface area contributed by atoms with Gasteiger partial charge in [0.05, 0.1) is 6.61 Å². The molecule has 0 aliphatic carbocycles. The van der Waals surface area contributed by atoms with E-state index in [9.17, 15) is 0 Å². The summed E-state index contributed by atoms with van der Waals surface area (Å²) in [7, 11) is 0. The molecule has 1 aliphatic heterocycles. The molecule has 0 amide bonds. The smallest absolute Gasteiger partial charge is 0.0556 e. The van der Waals surface area contributed by atoms with Crippen molar-refractivity contribution in [1.29, 1.82) is 0 Å². The quantitative estimate of drug-likeness (QED) is 0.739. The highest BCUT2D eigenvalue weighted by Gasteiger charge is 2.31. The van der Waals surface area contributed by atoms with Crippen molar-refractivity contribution in [3.63, 3.8) is 0 Å². The molecule has 1 heterocycles. The molecule has 0 unspecified atom stereocenters. The van der Waals surface area contributed by atoms with E-state index in [4.69, 9.17) is 5.11 Å². The lowest BCUT2D eigenvalue weighted by Crippen LogP contribution is -2.23. The zero-order valence-electron chi connectivity index (χ0n) is 14.0.